The third-order valence-corrected chi connectivity index (χ3v) is 13.8. The molecule has 6 nitrogen and oxygen atoms in total. The molecule has 0 aliphatic carbocycles. The van der Waals surface area contributed by atoms with Crippen molar-refractivity contribution in [2.24, 2.45) is 0 Å². The molecule has 1 atom stereocenters. The molecule has 0 bridgehead atoms. The van der Waals surface area contributed by atoms with Gasteiger partial charge in [-0.3, -0.25) is 14.4 Å². The summed E-state index contributed by atoms with van der Waals surface area (Å²) in [7, 11) is 0. The lowest BCUT2D eigenvalue weighted by Crippen LogP contribution is -2.30. The van der Waals surface area contributed by atoms with Gasteiger partial charge in [-0.05, 0) is 141 Å². The van der Waals surface area contributed by atoms with Crippen molar-refractivity contribution in [3.63, 3.8) is 0 Å². The summed E-state index contributed by atoms with van der Waals surface area (Å²) < 4.78 is 16.9. The quantitative estimate of drug-likeness (QED) is 0.0261. The van der Waals surface area contributed by atoms with Crippen molar-refractivity contribution in [1.29, 1.82) is 0 Å². The van der Waals surface area contributed by atoms with Gasteiger partial charge < -0.3 is 14.2 Å². The van der Waals surface area contributed by atoms with E-state index in [4.69, 9.17) is 14.2 Å². The number of carbonyl (C=O) groups excluding carboxylic acids is 3. The summed E-state index contributed by atoms with van der Waals surface area (Å²) in [5.74, 6) is -0.948. The first-order valence-electron chi connectivity index (χ1n) is 33.3. The van der Waals surface area contributed by atoms with Crippen molar-refractivity contribution in [2.75, 3.05) is 13.2 Å². The van der Waals surface area contributed by atoms with E-state index in [-0.39, 0.29) is 31.1 Å². The van der Waals surface area contributed by atoms with E-state index in [1.807, 2.05) is 0 Å². The van der Waals surface area contributed by atoms with Crippen molar-refractivity contribution in [2.45, 2.75) is 297 Å². The van der Waals surface area contributed by atoms with E-state index in [0.717, 1.165) is 148 Å². The number of esters is 3. The summed E-state index contributed by atoms with van der Waals surface area (Å²) in [5, 5.41) is 0. The normalized spacial score (nSPS) is 13.1. The van der Waals surface area contributed by atoms with Crippen molar-refractivity contribution in [3.05, 3.63) is 146 Å². The molecular weight excluding hydrogens is 997 g/mol. The first-order chi connectivity index (χ1) is 40.0. The second kappa shape index (κ2) is 67.8. The topological polar surface area (TPSA) is 78.9 Å². The van der Waals surface area contributed by atoms with Crippen LogP contribution in [-0.4, -0.2) is 37.2 Å². The number of carbonyl (C=O) groups is 3. The second-order valence-corrected chi connectivity index (χ2v) is 21.6. The Morgan fingerprint density at radius 2 is 0.481 bits per heavy atom. The van der Waals surface area contributed by atoms with Gasteiger partial charge in [0.2, 0.25) is 0 Å². The SMILES string of the molecule is CC/C=C\C/C=C\C/C=C\C/C=C\C/C=C\CCCCCC(=O)OCC(COC(=O)CCCCCCCCCCCC/C=C\C/C=C\C/C=C\C/C=C\CC)OC(=O)CCCCCCCC/C=C\C/C=C\C/C=C\CCCCCCC. The highest BCUT2D eigenvalue weighted by atomic mass is 16.6. The largest absolute Gasteiger partial charge is 0.462 e. The van der Waals surface area contributed by atoms with Crippen LogP contribution < -0.4 is 0 Å². The van der Waals surface area contributed by atoms with Gasteiger partial charge in [0.15, 0.2) is 6.10 Å². The molecule has 81 heavy (non-hydrogen) atoms. The molecule has 0 N–H and O–H groups in total. The molecule has 0 aromatic heterocycles. The molecule has 0 radical (unpaired) electrons. The standard InChI is InChI=1S/C75H122O6/c1-4-7-10-13-16-19-22-25-28-31-34-36-37-39-41-44-47-50-53-56-59-62-65-68-74(77)80-71-72(70-79-73(76)67-64-61-58-55-52-49-46-43-40-33-30-27-24-21-18-15-12-9-6-3)81-75(78)69-66-63-60-57-54-51-48-45-42-38-35-32-29-26-23-20-17-14-11-8-5-2/h7,9-10,12,16,18-19,21,23,25-28,30,32,34-36,40,42-43,45,49,52,72H,4-6,8,11,13-15,17,20,22,24,29,31,33,37-39,41,44,46-48,50-51,53-71H2,1-3H3/b10-7-,12-9-,19-16-,21-18-,26-23-,28-25-,30-27-,35-32-,36-34-,43-40-,45-42-,52-49-. The van der Waals surface area contributed by atoms with Crippen LogP contribution in [0.25, 0.3) is 0 Å². The molecule has 0 saturated heterocycles. The van der Waals surface area contributed by atoms with Gasteiger partial charge in [0.05, 0.1) is 0 Å². The predicted octanol–water partition coefficient (Wildman–Crippen LogP) is 23.1. The summed E-state index contributed by atoms with van der Waals surface area (Å²) in [6.07, 6.45) is 97.0. The summed E-state index contributed by atoms with van der Waals surface area (Å²) >= 11 is 0. The number of hydrogen-bond acceptors (Lipinski definition) is 6. The third kappa shape index (κ3) is 66.0. The average Bonchev–Trinajstić information content (AvgIpc) is 3.47. The summed E-state index contributed by atoms with van der Waals surface area (Å²) in [6, 6.07) is 0. The third-order valence-electron chi connectivity index (χ3n) is 13.8. The van der Waals surface area contributed by atoms with Crippen LogP contribution in [-0.2, 0) is 28.6 Å². The summed E-state index contributed by atoms with van der Waals surface area (Å²) in [4.78, 5) is 38.4. The average molecular weight is 1120 g/mol. The molecule has 0 fully saturated rings. The highest BCUT2D eigenvalue weighted by Crippen LogP contribution is 2.15. The summed E-state index contributed by atoms with van der Waals surface area (Å²) in [6.45, 7) is 6.37. The Morgan fingerprint density at radius 3 is 0.765 bits per heavy atom. The van der Waals surface area contributed by atoms with E-state index < -0.39 is 6.10 Å². The van der Waals surface area contributed by atoms with E-state index in [9.17, 15) is 14.4 Å². The first-order valence-corrected chi connectivity index (χ1v) is 33.3. The van der Waals surface area contributed by atoms with Gasteiger partial charge in [-0.25, -0.2) is 0 Å². The molecule has 458 valence electrons. The lowest BCUT2D eigenvalue weighted by Gasteiger charge is -2.18. The van der Waals surface area contributed by atoms with Crippen molar-refractivity contribution < 1.29 is 28.6 Å². The molecule has 1 unspecified atom stereocenters. The Balaban J connectivity index is 4.49. The fourth-order valence-corrected chi connectivity index (χ4v) is 8.88. The number of allylic oxidation sites excluding steroid dienone is 24. The maximum atomic E-state index is 12.9. The van der Waals surface area contributed by atoms with Gasteiger partial charge in [-0.2, -0.15) is 0 Å². The minimum Gasteiger partial charge on any atom is -0.462 e. The Labute approximate surface area is 499 Å². The molecule has 0 spiro atoms. The molecule has 0 heterocycles. The van der Waals surface area contributed by atoms with Crippen LogP contribution >= 0.6 is 0 Å². The molecule has 0 amide bonds. The second-order valence-electron chi connectivity index (χ2n) is 21.6. The van der Waals surface area contributed by atoms with E-state index in [0.29, 0.717) is 19.3 Å². The zero-order chi connectivity index (χ0) is 58.5. The van der Waals surface area contributed by atoms with E-state index in [1.165, 1.54) is 103 Å². The Hall–Kier alpha value is -4.71. The van der Waals surface area contributed by atoms with Gasteiger partial charge in [0.1, 0.15) is 13.2 Å². The van der Waals surface area contributed by atoms with Crippen LogP contribution in [0.4, 0.5) is 0 Å². The van der Waals surface area contributed by atoms with Crippen molar-refractivity contribution in [3.8, 4) is 0 Å². The minimum absolute atomic E-state index is 0.101. The Kier molecular flexibility index (Phi) is 63.9. The van der Waals surface area contributed by atoms with Crippen LogP contribution in [0.3, 0.4) is 0 Å². The summed E-state index contributed by atoms with van der Waals surface area (Å²) in [5.41, 5.74) is 0. The van der Waals surface area contributed by atoms with Crippen LogP contribution in [0.1, 0.15) is 290 Å². The monoisotopic (exact) mass is 1120 g/mol. The Bertz CT molecular complexity index is 1760. The van der Waals surface area contributed by atoms with Gasteiger partial charge in [-0.15, -0.1) is 0 Å². The first kappa shape index (κ1) is 76.3. The number of hydrogen-bond donors (Lipinski definition) is 0. The number of ether oxygens (including phenoxy) is 3. The maximum absolute atomic E-state index is 12.9. The highest BCUT2D eigenvalue weighted by Gasteiger charge is 2.19. The van der Waals surface area contributed by atoms with Crippen molar-refractivity contribution >= 4 is 17.9 Å². The molecular formula is C75H122O6. The highest BCUT2D eigenvalue weighted by molar-refractivity contribution is 5.71. The molecule has 0 aliphatic heterocycles. The van der Waals surface area contributed by atoms with Gasteiger partial charge in [0, 0.05) is 19.3 Å². The zero-order valence-electron chi connectivity index (χ0n) is 52.5. The van der Waals surface area contributed by atoms with E-state index in [1.54, 1.807) is 0 Å². The zero-order valence-corrected chi connectivity index (χ0v) is 52.5. The lowest BCUT2D eigenvalue weighted by molar-refractivity contribution is -0.167. The predicted molar refractivity (Wildman–Crippen MR) is 352 cm³/mol. The van der Waals surface area contributed by atoms with Crippen LogP contribution in [0.2, 0.25) is 0 Å². The van der Waals surface area contributed by atoms with E-state index in [2.05, 4.69) is 167 Å². The fraction of sp³-hybridized carbons (Fsp3) is 0.640. The van der Waals surface area contributed by atoms with Crippen LogP contribution in [0.5, 0.6) is 0 Å². The van der Waals surface area contributed by atoms with E-state index >= 15 is 0 Å². The minimum atomic E-state index is -0.809. The Morgan fingerprint density at radius 1 is 0.259 bits per heavy atom. The van der Waals surface area contributed by atoms with Gasteiger partial charge in [-0.1, -0.05) is 276 Å². The smallest absolute Gasteiger partial charge is 0.306 e. The van der Waals surface area contributed by atoms with Gasteiger partial charge in [0.25, 0.3) is 0 Å². The maximum Gasteiger partial charge on any atom is 0.306 e. The van der Waals surface area contributed by atoms with Crippen LogP contribution in [0.15, 0.2) is 146 Å². The molecule has 0 saturated carbocycles. The van der Waals surface area contributed by atoms with Crippen LogP contribution in [0, 0.1) is 0 Å². The number of unbranched alkanes of at least 4 members (excludes halogenated alkanes) is 24. The molecule has 0 aromatic carbocycles. The molecule has 0 aliphatic rings. The lowest BCUT2D eigenvalue weighted by atomic mass is 10.1. The molecule has 0 rings (SSSR count). The molecule has 0 aromatic rings. The van der Waals surface area contributed by atoms with Crippen molar-refractivity contribution in [1.82, 2.24) is 0 Å². The molecule has 6 heteroatoms. The fourth-order valence-electron chi connectivity index (χ4n) is 8.88. The van der Waals surface area contributed by atoms with Gasteiger partial charge >= 0.3 is 17.9 Å². The number of rotatable bonds is 59.